The summed E-state index contributed by atoms with van der Waals surface area (Å²) in [5.74, 6) is -0.241. The van der Waals surface area contributed by atoms with Gasteiger partial charge in [-0.15, -0.1) is 0 Å². The van der Waals surface area contributed by atoms with E-state index < -0.39 is 5.97 Å². The van der Waals surface area contributed by atoms with Crippen molar-refractivity contribution in [3.05, 3.63) is 53.9 Å². The van der Waals surface area contributed by atoms with Gasteiger partial charge < -0.3 is 19.2 Å². The molecule has 3 aromatic rings. The van der Waals surface area contributed by atoms with Crippen molar-refractivity contribution in [2.24, 2.45) is 0 Å². The Balaban J connectivity index is 1.69. The van der Waals surface area contributed by atoms with Crippen LogP contribution in [0.1, 0.15) is 21.9 Å². The van der Waals surface area contributed by atoms with Crippen LogP contribution in [-0.2, 0) is 6.61 Å². The van der Waals surface area contributed by atoms with Gasteiger partial charge in [0, 0.05) is 5.69 Å². The van der Waals surface area contributed by atoms with E-state index in [1.807, 2.05) is 6.92 Å². The Morgan fingerprint density at radius 1 is 1.32 bits per heavy atom. The molecule has 0 fully saturated rings. The smallest absolute Gasteiger partial charge is 0.371 e. The van der Waals surface area contributed by atoms with Gasteiger partial charge in [0.15, 0.2) is 5.76 Å². The van der Waals surface area contributed by atoms with E-state index in [0.717, 1.165) is 11.4 Å². The first kappa shape index (κ1) is 13.9. The van der Waals surface area contributed by atoms with E-state index >= 15 is 0 Å². The zero-order valence-electron chi connectivity index (χ0n) is 11.7. The molecule has 0 aromatic carbocycles. The first-order valence-electron chi connectivity index (χ1n) is 6.54. The van der Waals surface area contributed by atoms with Crippen LogP contribution in [0.3, 0.4) is 0 Å². The minimum Gasteiger partial charge on any atom is -0.486 e. The van der Waals surface area contributed by atoms with Gasteiger partial charge in [-0.25, -0.2) is 14.8 Å². The SMILES string of the molecule is Cc1[nH]cnc1COc1ccc(-c2ccc(C(=O)O)o2)nc1. The molecular formula is C15H13N3O4. The predicted octanol–water partition coefficient (Wildman–Crippen LogP) is 2.65. The van der Waals surface area contributed by atoms with Crippen LogP contribution in [0.2, 0.25) is 0 Å². The van der Waals surface area contributed by atoms with Crippen LogP contribution in [0.5, 0.6) is 5.75 Å². The molecule has 0 aliphatic heterocycles. The molecule has 3 rings (SSSR count). The van der Waals surface area contributed by atoms with Gasteiger partial charge in [-0.2, -0.15) is 0 Å². The summed E-state index contributed by atoms with van der Waals surface area (Å²) in [5, 5.41) is 8.83. The van der Waals surface area contributed by atoms with Crippen LogP contribution in [0.15, 0.2) is 41.2 Å². The highest BCUT2D eigenvalue weighted by Gasteiger charge is 2.11. The zero-order valence-corrected chi connectivity index (χ0v) is 11.7. The second kappa shape index (κ2) is 5.72. The van der Waals surface area contributed by atoms with Crippen molar-refractivity contribution in [2.45, 2.75) is 13.5 Å². The first-order valence-corrected chi connectivity index (χ1v) is 6.54. The molecule has 0 amide bonds. The van der Waals surface area contributed by atoms with Gasteiger partial charge in [0.2, 0.25) is 5.76 Å². The van der Waals surface area contributed by atoms with E-state index in [2.05, 4.69) is 15.0 Å². The zero-order chi connectivity index (χ0) is 15.5. The number of carbonyl (C=O) groups is 1. The molecule has 0 unspecified atom stereocenters. The number of carboxylic acid groups (broad SMARTS) is 1. The fourth-order valence-corrected chi connectivity index (χ4v) is 1.89. The van der Waals surface area contributed by atoms with Gasteiger partial charge >= 0.3 is 5.97 Å². The number of rotatable bonds is 5. The van der Waals surface area contributed by atoms with Crippen molar-refractivity contribution < 1.29 is 19.1 Å². The number of aromatic nitrogens is 3. The van der Waals surface area contributed by atoms with E-state index in [0.29, 0.717) is 23.8 Å². The molecule has 0 saturated carbocycles. The molecule has 0 atom stereocenters. The molecule has 7 heteroatoms. The normalized spacial score (nSPS) is 10.6. The molecule has 0 saturated heterocycles. The number of nitrogens with one attached hydrogen (secondary N) is 1. The Hall–Kier alpha value is -3.09. The van der Waals surface area contributed by atoms with E-state index in [4.69, 9.17) is 14.3 Å². The van der Waals surface area contributed by atoms with E-state index in [9.17, 15) is 4.79 Å². The van der Waals surface area contributed by atoms with Gasteiger partial charge in [-0.05, 0) is 31.2 Å². The molecule has 2 N–H and O–H groups in total. The molecule has 0 radical (unpaired) electrons. The average Bonchev–Trinajstić information content (AvgIpc) is 3.15. The summed E-state index contributed by atoms with van der Waals surface area (Å²) >= 11 is 0. The largest absolute Gasteiger partial charge is 0.486 e. The third kappa shape index (κ3) is 2.83. The molecule has 3 aromatic heterocycles. The fourth-order valence-electron chi connectivity index (χ4n) is 1.89. The highest BCUT2D eigenvalue weighted by atomic mass is 16.5. The van der Waals surface area contributed by atoms with E-state index in [1.165, 1.54) is 6.07 Å². The lowest BCUT2D eigenvalue weighted by Crippen LogP contribution is -1.98. The summed E-state index contributed by atoms with van der Waals surface area (Å²) in [4.78, 5) is 22.1. The summed E-state index contributed by atoms with van der Waals surface area (Å²) in [6.07, 6.45) is 3.17. The molecule has 0 spiro atoms. The van der Waals surface area contributed by atoms with Crippen LogP contribution in [-0.4, -0.2) is 26.0 Å². The average molecular weight is 299 g/mol. The minimum atomic E-state index is -1.11. The Labute approximate surface area is 125 Å². The Morgan fingerprint density at radius 3 is 2.77 bits per heavy atom. The summed E-state index contributed by atoms with van der Waals surface area (Å²) in [7, 11) is 0. The maximum absolute atomic E-state index is 10.8. The Kier molecular flexibility index (Phi) is 3.61. The van der Waals surface area contributed by atoms with E-state index in [-0.39, 0.29) is 5.76 Å². The number of H-pyrrole nitrogens is 1. The molecule has 0 bridgehead atoms. The maximum Gasteiger partial charge on any atom is 0.371 e. The van der Waals surface area contributed by atoms with Gasteiger partial charge in [0.05, 0.1) is 18.2 Å². The van der Waals surface area contributed by atoms with Gasteiger partial charge in [0.1, 0.15) is 18.1 Å². The number of aromatic carboxylic acids is 1. The predicted molar refractivity (Wildman–Crippen MR) is 76.6 cm³/mol. The van der Waals surface area contributed by atoms with Crippen LogP contribution < -0.4 is 4.74 Å². The molecule has 112 valence electrons. The number of ether oxygens (including phenoxy) is 1. The minimum absolute atomic E-state index is 0.119. The monoisotopic (exact) mass is 299 g/mol. The molecular weight excluding hydrogens is 286 g/mol. The lowest BCUT2D eigenvalue weighted by atomic mass is 10.3. The fraction of sp³-hybridized carbons (Fsp3) is 0.133. The molecule has 22 heavy (non-hydrogen) atoms. The molecule has 0 aliphatic rings. The lowest BCUT2D eigenvalue weighted by molar-refractivity contribution is 0.0663. The number of imidazole rings is 1. The van der Waals surface area contributed by atoms with Crippen LogP contribution in [0.25, 0.3) is 11.5 Å². The second-order valence-electron chi connectivity index (χ2n) is 4.61. The maximum atomic E-state index is 10.8. The van der Waals surface area contributed by atoms with Gasteiger partial charge in [-0.3, -0.25) is 0 Å². The van der Waals surface area contributed by atoms with Crippen molar-refractivity contribution in [2.75, 3.05) is 0 Å². The Morgan fingerprint density at radius 2 is 2.18 bits per heavy atom. The van der Waals surface area contributed by atoms with Gasteiger partial charge in [-0.1, -0.05) is 0 Å². The van der Waals surface area contributed by atoms with Crippen molar-refractivity contribution in [3.8, 4) is 17.2 Å². The van der Waals surface area contributed by atoms with Crippen LogP contribution in [0, 0.1) is 6.92 Å². The van der Waals surface area contributed by atoms with Crippen molar-refractivity contribution >= 4 is 5.97 Å². The number of nitrogens with zero attached hydrogens (tertiary/aromatic N) is 2. The number of aromatic amines is 1. The van der Waals surface area contributed by atoms with Crippen LogP contribution >= 0.6 is 0 Å². The standard InChI is InChI=1S/C15H13N3O4/c1-9-12(18-8-17-9)7-21-10-2-3-11(16-6-10)13-4-5-14(22-13)15(19)20/h2-6,8H,7H2,1H3,(H,17,18)(H,19,20). The topological polar surface area (TPSA) is 101 Å². The lowest BCUT2D eigenvalue weighted by Gasteiger charge is -2.05. The molecule has 3 heterocycles. The van der Waals surface area contributed by atoms with Crippen molar-refractivity contribution in [3.63, 3.8) is 0 Å². The van der Waals surface area contributed by atoms with Crippen molar-refractivity contribution in [1.29, 1.82) is 0 Å². The number of pyridine rings is 1. The number of carboxylic acids is 1. The number of furan rings is 1. The number of hydrogen-bond donors (Lipinski definition) is 2. The summed E-state index contributed by atoms with van der Waals surface area (Å²) in [5.41, 5.74) is 2.33. The van der Waals surface area contributed by atoms with Gasteiger partial charge in [0.25, 0.3) is 0 Å². The first-order chi connectivity index (χ1) is 10.6. The second-order valence-corrected chi connectivity index (χ2v) is 4.61. The van der Waals surface area contributed by atoms with Crippen molar-refractivity contribution in [1.82, 2.24) is 15.0 Å². The molecule has 0 aliphatic carbocycles. The number of hydrogen-bond acceptors (Lipinski definition) is 5. The van der Waals surface area contributed by atoms with Crippen LogP contribution in [0.4, 0.5) is 0 Å². The molecule has 7 nitrogen and oxygen atoms in total. The third-order valence-electron chi connectivity index (χ3n) is 3.12. The Bertz CT molecular complexity index is 789. The third-order valence-corrected chi connectivity index (χ3v) is 3.12. The highest BCUT2D eigenvalue weighted by Crippen LogP contribution is 2.22. The van der Waals surface area contributed by atoms with E-state index in [1.54, 1.807) is 30.7 Å². The summed E-state index contributed by atoms with van der Waals surface area (Å²) in [6.45, 7) is 2.27. The number of aryl methyl sites for hydroxylation is 1. The summed E-state index contributed by atoms with van der Waals surface area (Å²) < 4.78 is 10.8. The summed E-state index contributed by atoms with van der Waals surface area (Å²) in [6, 6.07) is 6.41. The quantitative estimate of drug-likeness (QED) is 0.751. The highest BCUT2D eigenvalue weighted by molar-refractivity contribution is 5.85.